The SMILES string of the molecule is Cc1nn(C)c(Nc2ccccc2)c1C. The van der Waals surface area contributed by atoms with Crippen LogP contribution in [-0.4, -0.2) is 9.78 Å². The second-order valence-corrected chi connectivity index (χ2v) is 3.67. The van der Waals surface area contributed by atoms with E-state index >= 15 is 0 Å². The van der Waals surface area contributed by atoms with Crippen molar-refractivity contribution in [3.63, 3.8) is 0 Å². The number of nitrogens with one attached hydrogen (secondary N) is 1. The summed E-state index contributed by atoms with van der Waals surface area (Å²) < 4.78 is 1.87. The van der Waals surface area contributed by atoms with Crippen LogP contribution in [0.15, 0.2) is 30.3 Å². The molecule has 0 radical (unpaired) electrons. The Balaban J connectivity index is 2.32. The molecule has 0 aliphatic carbocycles. The fraction of sp³-hybridized carbons (Fsp3) is 0.250. The van der Waals surface area contributed by atoms with Gasteiger partial charge < -0.3 is 5.32 Å². The monoisotopic (exact) mass is 201 g/mol. The van der Waals surface area contributed by atoms with Crippen LogP contribution < -0.4 is 5.32 Å². The van der Waals surface area contributed by atoms with Gasteiger partial charge in [0.25, 0.3) is 0 Å². The lowest BCUT2D eigenvalue weighted by atomic mass is 10.2. The number of para-hydroxylation sites is 1. The molecule has 0 aliphatic rings. The van der Waals surface area contributed by atoms with Crippen LogP contribution in [0.2, 0.25) is 0 Å². The van der Waals surface area contributed by atoms with Gasteiger partial charge in [0, 0.05) is 18.3 Å². The Labute approximate surface area is 89.7 Å². The molecule has 1 aromatic heterocycles. The highest BCUT2D eigenvalue weighted by Gasteiger charge is 2.08. The smallest absolute Gasteiger partial charge is 0.131 e. The summed E-state index contributed by atoms with van der Waals surface area (Å²) in [5, 5.41) is 7.72. The van der Waals surface area contributed by atoms with Gasteiger partial charge in [-0.3, -0.25) is 4.68 Å². The third kappa shape index (κ3) is 1.86. The molecule has 1 aromatic carbocycles. The molecule has 78 valence electrons. The first-order chi connectivity index (χ1) is 7.18. The first-order valence-corrected chi connectivity index (χ1v) is 5.01. The van der Waals surface area contributed by atoms with E-state index in [1.807, 2.05) is 49.0 Å². The molecule has 2 aromatic rings. The number of hydrogen-bond donors (Lipinski definition) is 1. The number of nitrogens with zero attached hydrogens (tertiary/aromatic N) is 2. The predicted octanol–water partition coefficient (Wildman–Crippen LogP) is 2.78. The average Bonchev–Trinajstić information content (AvgIpc) is 2.47. The van der Waals surface area contributed by atoms with Crippen LogP contribution in [0.1, 0.15) is 11.3 Å². The lowest BCUT2D eigenvalue weighted by Crippen LogP contribution is -1.99. The first kappa shape index (κ1) is 9.77. The lowest BCUT2D eigenvalue weighted by Gasteiger charge is -2.07. The third-order valence-corrected chi connectivity index (χ3v) is 2.56. The van der Waals surface area contributed by atoms with Gasteiger partial charge in [-0.1, -0.05) is 18.2 Å². The van der Waals surface area contributed by atoms with E-state index in [-0.39, 0.29) is 0 Å². The van der Waals surface area contributed by atoms with Crippen molar-refractivity contribution >= 4 is 11.5 Å². The molecule has 0 atom stereocenters. The number of aryl methyl sites for hydroxylation is 2. The Kier molecular flexibility index (Phi) is 2.46. The number of aromatic nitrogens is 2. The maximum Gasteiger partial charge on any atom is 0.131 e. The van der Waals surface area contributed by atoms with Crippen LogP contribution >= 0.6 is 0 Å². The summed E-state index contributed by atoms with van der Waals surface area (Å²) >= 11 is 0. The van der Waals surface area contributed by atoms with Gasteiger partial charge in [0.2, 0.25) is 0 Å². The zero-order valence-electron chi connectivity index (χ0n) is 9.28. The van der Waals surface area contributed by atoms with Gasteiger partial charge in [-0.15, -0.1) is 0 Å². The van der Waals surface area contributed by atoms with Crippen molar-refractivity contribution in [3.8, 4) is 0 Å². The van der Waals surface area contributed by atoms with Crippen molar-refractivity contribution in [1.82, 2.24) is 9.78 Å². The van der Waals surface area contributed by atoms with E-state index < -0.39 is 0 Å². The molecule has 3 nitrogen and oxygen atoms in total. The van der Waals surface area contributed by atoms with Gasteiger partial charge in [-0.25, -0.2) is 0 Å². The fourth-order valence-electron chi connectivity index (χ4n) is 1.60. The molecule has 3 heteroatoms. The molecule has 0 amide bonds. The standard InChI is InChI=1S/C12H15N3/c1-9-10(2)14-15(3)12(9)13-11-7-5-4-6-8-11/h4-8,13H,1-3H3. The normalized spacial score (nSPS) is 10.3. The Hall–Kier alpha value is -1.77. The van der Waals surface area contributed by atoms with Gasteiger partial charge in [0.1, 0.15) is 5.82 Å². The van der Waals surface area contributed by atoms with Crippen molar-refractivity contribution < 1.29 is 0 Å². The number of rotatable bonds is 2. The summed E-state index contributed by atoms with van der Waals surface area (Å²) in [6.07, 6.45) is 0. The van der Waals surface area contributed by atoms with E-state index in [2.05, 4.69) is 17.3 Å². The van der Waals surface area contributed by atoms with E-state index in [1.54, 1.807) is 0 Å². The Bertz CT molecular complexity index is 457. The van der Waals surface area contributed by atoms with Crippen molar-refractivity contribution in [3.05, 3.63) is 41.6 Å². The summed E-state index contributed by atoms with van der Waals surface area (Å²) in [5.41, 5.74) is 3.35. The quantitative estimate of drug-likeness (QED) is 0.809. The minimum atomic E-state index is 1.05. The molecule has 0 unspecified atom stereocenters. The zero-order valence-corrected chi connectivity index (χ0v) is 9.28. The highest BCUT2D eigenvalue weighted by atomic mass is 15.3. The Morgan fingerprint density at radius 2 is 1.80 bits per heavy atom. The molecule has 2 rings (SSSR count). The molecule has 0 fully saturated rings. The van der Waals surface area contributed by atoms with E-state index in [0.29, 0.717) is 0 Å². The van der Waals surface area contributed by atoms with Gasteiger partial charge in [-0.2, -0.15) is 5.10 Å². The van der Waals surface area contributed by atoms with Crippen LogP contribution in [0.3, 0.4) is 0 Å². The van der Waals surface area contributed by atoms with Gasteiger partial charge in [-0.05, 0) is 26.0 Å². The molecule has 0 bridgehead atoms. The number of anilines is 2. The second kappa shape index (κ2) is 3.77. The summed E-state index contributed by atoms with van der Waals surface area (Å²) in [7, 11) is 1.95. The predicted molar refractivity (Wildman–Crippen MR) is 62.4 cm³/mol. The Morgan fingerprint density at radius 1 is 1.13 bits per heavy atom. The molecule has 0 aliphatic heterocycles. The topological polar surface area (TPSA) is 29.9 Å². The first-order valence-electron chi connectivity index (χ1n) is 5.01. The number of hydrogen-bond acceptors (Lipinski definition) is 2. The maximum atomic E-state index is 4.36. The van der Waals surface area contributed by atoms with Crippen molar-refractivity contribution in [2.75, 3.05) is 5.32 Å². The molecular formula is C12H15N3. The number of benzene rings is 1. The summed E-state index contributed by atoms with van der Waals surface area (Å²) in [5.74, 6) is 1.05. The van der Waals surface area contributed by atoms with Gasteiger partial charge in [0.15, 0.2) is 0 Å². The van der Waals surface area contributed by atoms with Crippen LogP contribution in [0.5, 0.6) is 0 Å². The van der Waals surface area contributed by atoms with Crippen LogP contribution in [0, 0.1) is 13.8 Å². The second-order valence-electron chi connectivity index (χ2n) is 3.67. The van der Waals surface area contributed by atoms with Gasteiger partial charge in [0.05, 0.1) is 5.69 Å². The minimum Gasteiger partial charge on any atom is -0.340 e. The summed E-state index contributed by atoms with van der Waals surface area (Å²) in [4.78, 5) is 0. The van der Waals surface area contributed by atoms with Crippen molar-refractivity contribution in [2.45, 2.75) is 13.8 Å². The fourth-order valence-corrected chi connectivity index (χ4v) is 1.60. The molecule has 0 spiro atoms. The van der Waals surface area contributed by atoms with E-state index in [1.165, 1.54) is 5.56 Å². The van der Waals surface area contributed by atoms with E-state index in [0.717, 1.165) is 17.2 Å². The lowest BCUT2D eigenvalue weighted by molar-refractivity contribution is 0.765. The molecular weight excluding hydrogens is 186 g/mol. The van der Waals surface area contributed by atoms with Crippen LogP contribution in [0.4, 0.5) is 11.5 Å². The molecule has 0 saturated carbocycles. The largest absolute Gasteiger partial charge is 0.340 e. The van der Waals surface area contributed by atoms with Crippen molar-refractivity contribution in [2.24, 2.45) is 7.05 Å². The van der Waals surface area contributed by atoms with E-state index in [4.69, 9.17) is 0 Å². The average molecular weight is 201 g/mol. The van der Waals surface area contributed by atoms with Crippen LogP contribution in [-0.2, 0) is 7.05 Å². The summed E-state index contributed by atoms with van der Waals surface area (Å²) in [6.45, 7) is 4.10. The van der Waals surface area contributed by atoms with Crippen molar-refractivity contribution in [1.29, 1.82) is 0 Å². The molecule has 1 heterocycles. The molecule has 1 N–H and O–H groups in total. The summed E-state index contributed by atoms with van der Waals surface area (Å²) in [6, 6.07) is 10.1. The highest BCUT2D eigenvalue weighted by Crippen LogP contribution is 2.21. The van der Waals surface area contributed by atoms with Crippen LogP contribution in [0.25, 0.3) is 0 Å². The third-order valence-electron chi connectivity index (χ3n) is 2.56. The Morgan fingerprint density at radius 3 is 2.33 bits per heavy atom. The highest BCUT2D eigenvalue weighted by molar-refractivity contribution is 5.60. The minimum absolute atomic E-state index is 1.05. The maximum absolute atomic E-state index is 4.36. The zero-order chi connectivity index (χ0) is 10.8. The molecule has 15 heavy (non-hydrogen) atoms. The van der Waals surface area contributed by atoms with E-state index in [9.17, 15) is 0 Å². The van der Waals surface area contributed by atoms with Gasteiger partial charge >= 0.3 is 0 Å². The molecule has 0 saturated heterocycles.